The van der Waals surface area contributed by atoms with Crippen LogP contribution in [0.3, 0.4) is 0 Å². The number of ether oxygens (including phenoxy) is 1. The van der Waals surface area contributed by atoms with Gasteiger partial charge in [0, 0.05) is 50.3 Å². The summed E-state index contributed by atoms with van der Waals surface area (Å²) in [5, 5.41) is 4.18. The number of rotatable bonds is 4. The number of likely N-dealkylation sites (tertiary alicyclic amines) is 1. The predicted octanol–water partition coefficient (Wildman–Crippen LogP) is 3.91. The first-order chi connectivity index (χ1) is 13.6. The molecule has 1 aliphatic heterocycles. The fourth-order valence-corrected chi connectivity index (χ4v) is 3.44. The molecule has 5 nitrogen and oxygen atoms in total. The van der Waals surface area contributed by atoms with Crippen molar-refractivity contribution in [2.75, 3.05) is 13.1 Å². The number of aryl methyl sites for hydroxylation is 1. The van der Waals surface area contributed by atoms with Crippen LogP contribution < -0.4 is 4.74 Å². The lowest BCUT2D eigenvalue weighted by atomic mass is 10.0. The van der Waals surface area contributed by atoms with Crippen LogP contribution in [0.2, 0.25) is 0 Å². The van der Waals surface area contributed by atoms with Crippen LogP contribution >= 0.6 is 0 Å². The van der Waals surface area contributed by atoms with Gasteiger partial charge in [0.05, 0.1) is 6.20 Å². The minimum atomic E-state index is -0.276. The average Bonchev–Trinajstić information content (AvgIpc) is 3.16. The van der Waals surface area contributed by atoms with E-state index in [2.05, 4.69) is 5.10 Å². The van der Waals surface area contributed by atoms with Crippen LogP contribution in [0.25, 0.3) is 11.1 Å². The maximum atomic E-state index is 13.0. The fraction of sp³-hybridized carbons (Fsp3) is 0.273. The molecule has 6 heteroatoms. The zero-order chi connectivity index (χ0) is 19.5. The van der Waals surface area contributed by atoms with Gasteiger partial charge in [0.1, 0.15) is 17.7 Å². The Kier molecular flexibility index (Phi) is 5.10. The van der Waals surface area contributed by atoms with Gasteiger partial charge in [-0.3, -0.25) is 9.48 Å². The van der Waals surface area contributed by atoms with Gasteiger partial charge in [-0.25, -0.2) is 4.39 Å². The number of benzene rings is 2. The Labute approximate surface area is 163 Å². The summed E-state index contributed by atoms with van der Waals surface area (Å²) in [5.41, 5.74) is 2.75. The quantitative estimate of drug-likeness (QED) is 0.691. The summed E-state index contributed by atoms with van der Waals surface area (Å²) in [6.07, 6.45) is 5.32. The number of piperidine rings is 1. The molecule has 0 spiro atoms. The van der Waals surface area contributed by atoms with Crippen LogP contribution in [0, 0.1) is 5.82 Å². The van der Waals surface area contributed by atoms with E-state index in [1.807, 2.05) is 48.6 Å². The number of nitrogens with zero attached hydrogens (tertiary/aromatic N) is 3. The highest BCUT2D eigenvalue weighted by Crippen LogP contribution is 2.22. The molecule has 3 aromatic rings. The Morgan fingerprint density at radius 3 is 2.32 bits per heavy atom. The standard InChI is InChI=1S/C22H22FN3O2/c1-25-15-18(14-24-25)16-2-4-17(5-3-16)22(27)26-12-10-21(11-13-26)28-20-8-6-19(23)7-9-20/h2-9,14-15,21H,10-13H2,1H3. The summed E-state index contributed by atoms with van der Waals surface area (Å²) in [4.78, 5) is 14.6. The van der Waals surface area contributed by atoms with Gasteiger partial charge in [0.15, 0.2) is 0 Å². The lowest BCUT2D eigenvalue weighted by Gasteiger charge is -2.32. The largest absolute Gasteiger partial charge is 0.490 e. The monoisotopic (exact) mass is 379 g/mol. The van der Waals surface area contributed by atoms with Crippen molar-refractivity contribution in [2.24, 2.45) is 7.05 Å². The van der Waals surface area contributed by atoms with Gasteiger partial charge in [0.25, 0.3) is 5.91 Å². The first kappa shape index (κ1) is 18.2. The Morgan fingerprint density at radius 2 is 1.71 bits per heavy atom. The molecule has 1 aromatic heterocycles. The highest BCUT2D eigenvalue weighted by atomic mass is 19.1. The van der Waals surface area contributed by atoms with Crippen molar-refractivity contribution in [1.82, 2.24) is 14.7 Å². The molecule has 2 heterocycles. The van der Waals surface area contributed by atoms with E-state index in [-0.39, 0.29) is 17.8 Å². The number of carbonyl (C=O) groups is 1. The number of hydrogen-bond donors (Lipinski definition) is 0. The third-order valence-electron chi connectivity index (χ3n) is 5.02. The van der Waals surface area contributed by atoms with Gasteiger partial charge in [-0.15, -0.1) is 0 Å². The van der Waals surface area contributed by atoms with E-state index in [1.54, 1.807) is 16.8 Å². The normalized spacial score (nSPS) is 14.9. The van der Waals surface area contributed by atoms with Crippen molar-refractivity contribution in [3.63, 3.8) is 0 Å². The van der Waals surface area contributed by atoms with E-state index < -0.39 is 0 Å². The van der Waals surface area contributed by atoms with Crippen LogP contribution in [0.1, 0.15) is 23.2 Å². The molecule has 1 saturated heterocycles. The fourth-order valence-electron chi connectivity index (χ4n) is 3.44. The second-order valence-electron chi connectivity index (χ2n) is 7.04. The molecular formula is C22H22FN3O2. The molecule has 144 valence electrons. The van der Waals surface area contributed by atoms with E-state index in [0.29, 0.717) is 24.4 Å². The summed E-state index contributed by atoms with van der Waals surface area (Å²) in [7, 11) is 1.88. The maximum Gasteiger partial charge on any atom is 0.253 e. The highest BCUT2D eigenvalue weighted by Gasteiger charge is 2.24. The second kappa shape index (κ2) is 7.84. The van der Waals surface area contributed by atoms with Crippen molar-refractivity contribution < 1.29 is 13.9 Å². The van der Waals surface area contributed by atoms with Gasteiger partial charge in [0.2, 0.25) is 0 Å². The molecule has 1 fully saturated rings. The molecule has 0 saturated carbocycles. The van der Waals surface area contributed by atoms with Crippen molar-refractivity contribution in [3.8, 4) is 16.9 Å². The number of halogens is 1. The number of aromatic nitrogens is 2. The molecule has 0 N–H and O–H groups in total. The van der Waals surface area contributed by atoms with E-state index in [1.165, 1.54) is 12.1 Å². The highest BCUT2D eigenvalue weighted by molar-refractivity contribution is 5.94. The molecule has 4 rings (SSSR count). The first-order valence-corrected chi connectivity index (χ1v) is 9.39. The van der Waals surface area contributed by atoms with E-state index in [0.717, 1.165) is 24.0 Å². The minimum absolute atomic E-state index is 0.0398. The van der Waals surface area contributed by atoms with Crippen molar-refractivity contribution in [2.45, 2.75) is 18.9 Å². The lowest BCUT2D eigenvalue weighted by molar-refractivity contribution is 0.0595. The van der Waals surface area contributed by atoms with Crippen LogP contribution in [0.15, 0.2) is 60.9 Å². The zero-order valence-corrected chi connectivity index (χ0v) is 15.7. The first-order valence-electron chi connectivity index (χ1n) is 9.39. The summed E-state index contributed by atoms with van der Waals surface area (Å²) in [6, 6.07) is 13.7. The van der Waals surface area contributed by atoms with Crippen molar-refractivity contribution in [3.05, 3.63) is 72.3 Å². The Balaban J connectivity index is 1.34. The van der Waals surface area contributed by atoms with Gasteiger partial charge in [-0.2, -0.15) is 5.10 Å². The van der Waals surface area contributed by atoms with Gasteiger partial charge in [-0.1, -0.05) is 12.1 Å². The van der Waals surface area contributed by atoms with E-state index in [4.69, 9.17) is 4.74 Å². The minimum Gasteiger partial charge on any atom is -0.490 e. The SMILES string of the molecule is Cn1cc(-c2ccc(C(=O)N3CCC(Oc4ccc(F)cc4)CC3)cc2)cn1. The molecule has 0 atom stereocenters. The Morgan fingerprint density at radius 1 is 1.04 bits per heavy atom. The van der Waals surface area contributed by atoms with Gasteiger partial charge in [-0.05, 0) is 42.0 Å². The van der Waals surface area contributed by atoms with Crippen LogP contribution in [0.5, 0.6) is 5.75 Å². The van der Waals surface area contributed by atoms with Crippen molar-refractivity contribution >= 4 is 5.91 Å². The average molecular weight is 379 g/mol. The maximum absolute atomic E-state index is 13.0. The Bertz CT molecular complexity index is 943. The summed E-state index contributed by atoms with van der Waals surface area (Å²) < 4.78 is 20.6. The second-order valence-corrected chi connectivity index (χ2v) is 7.04. The molecule has 0 radical (unpaired) electrons. The molecule has 2 aromatic carbocycles. The molecule has 28 heavy (non-hydrogen) atoms. The summed E-state index contributed by atoms with van der Waals surface area (Å²) in [5.74, 6) is 0.428. The van der Waals surface area contributed by atoms with Crippen molar-refractivity contribution in [1.29, 1.82) is 0 Å². The zero-order valence-electron chi connectivity index (χ0n) is 15.7. The third-order valence-corrected chi connectivity index (χ3v) is 5.02. The Hall–Kier alpha value is -3.15. The number of carbonyl (C=O) groups excluding carboxylic acids is 1. The number of hydrogen-bond acceptors (Lipinski definition) is 3. The van der Waals surface area contributed by atoms with Crippen LogP contribution in [-0.4, -0.2) is 39.8 Å². The van der Waals surface area contributed by atoms with Crippen LogP contribution in [0.4, 0.5) is 4.39 Å². The number of amides is 1. The summed E-state index contributed by atoms with van der Waals surface area (Å²) >= 11 is 0. The molecule has 0 aliphatic carbocycles. The third kappa shape index (κ3) is 4.06. The predicted molar refractivity (Wildman–Crippen MR) is 105 cm³/mol. The van der Waals surface area contributed by atoms with Crippen LogP contribution in [-0.2, 0) is 7.05 Å². The smallest absolute Gasteiger partial charge is 0.253 e. The van der Waals surface area contributed by atoms with Gasteiger partial charge < -0.3 is 9.64 Å². The molecule has 1 aliphatic rings. The van der Waals surface area contributed by atoms with E-state index in [9.17, 15) is 9.18 Å². The molecular weight excluding hydrogens is 357 g/mol. The topological polar surface area (TPSA) is 47.4 Å². The van der Waals surface area contributed by atoms with Gasteiger partial charge >= 0.3 is 0 Å². The molecule has 0 bridgehead atoms. The summed E-state index contributed by atoms with van der Waals surface area (Å²) in [6.45, 7) is 1.30. The molecule has 1 amide bonds. The van der Waals surface area contributed by atoms with E-state index >= 15 is 0 Å². The lowest BCUT2D eigenvalue weighted by Crippen LogP contribution is -2.41. The molecule has 0 unspecified atom stereocenters.